The number of nitrogens with zero attached hydrogens (tertiary/aromatic N) is 2. The molecular weight excluding hydrogens is 368 g/mol. The van der Waals surface area contributed by atoms with Gasteiger partial charge in [0, 0.05) is 0 Å². The quantitative estimate of drug-likeness (QED) is 0.759. The molecule has 26 heavy (non-hydrogen) atoms. The van der Waals surface area contributed by atoms with Crippen LogP contribution in [0, 0.1) is 0 Å². The van der Waals surface area contributed by atoms with E-state index in [1.165, 1.54) is 11.3 Å². The number of rotatable bonds is 3. The fraction of sp³-hybridized carbons (Fsp3) is 0.778. The molecular formula is C18H32N2O4SSi. The van der Waals surface area contributed by atoms with Gasteiger partial charge in [-0.3, -0.25) is 4.90 Å². The van der Waals surface area contributed by atoms with Gasteiger partial charge >= 0.3 is 6.09 Å². The second-order valence-corrected chi connectivity index (χ2v) is 15.2. The lowest BCUT2D eigenvalue weighted by molar-refractivity contribution is 0.00991. The molecule has 0 fully saturated rings. The number of aliphatic hydroxyl groups excluding tert-OH is 1. The van der Waals surface area contributed by atoms with Gasteiger partial charge < -0.3 is 14.3 Å². The number of amides is 1. The Morgan fingerprint density at radius 3 is 2.42 bits per heavy atom. The second-order valence-electron chi connectivity index (χ2n) is 9.30. The van der Waals surface area contributed by atoms with Crippen molar-refractivity contribution >= 4 is 25.7 Å². The number of carbonyl (C=O) groups excluding carboxylic acids is 1. The van der Waals surface area contributed by atoms with Gasteiger partial charge in [0.2, 0.25) is 0 Å². The topological polar surface area (TPSA) is 71.9 Å². The summed E-state index contributed by atoms with van der Waals surface area (Å²) < 4.78 is 12.2. The van der Waals surface area contributed by atoms with E-state index in [0.29, 0.717) is 18.1 Å². The van der Waals surface area contributed by atoms with Crippen molar-refractivity contribution in [3.8, 4) is 0 Å². The first-order chi connectivity index (χ1) is 11.7. The van der Waals surface area contributed by atoms with Crippen LogP contribution in [-0.4, -0.2) is 41.5 Å². The summed E-state index contributed by atoms with van der Waals surface area (Å²) in [6.45, 7) is 17.3. The summed E-state index contributed by atoms with van der Waals surface area (Å²) in [7, 11) is -2.04. The number of thiazole rings is 1. The molecule has 1 aromatic rings. The molecule has 1 aliphatic rings. The van der Waals surface area contributed by atoms with Crippen molar-refractivity contribution in [1.82, 2.24) is 9.88 Å². The summed E-state index contributed by atoms with van der Waals surface area (Å²) in [4.78, 5) is 19.8. The first-order valence-electron chi connectivity index (χ1n) is 8.98. The first kappa shape index (κ1) is 21.3. The zero-order chi connectivity index (χ0) is 19.9. The number of aliphatic hydroxyl groups is 1. The first-order valence-corrected chi connectivity index (χ1v) is 12.7. The summed E-state index contributed by atoms with van der Waals surface area (Å²) >= 11 is 1.48. The molecule has 0 radical (unpaired) electrons. The van der Waals surface area contributed by atoms with E-state index in [4.69, 9.17) is 9.16 Å². The van der Waals surface area contributed by atoms with Gasteiger partial charge in [-0.2, -0.15) is 0 Å². The Hall–Kier alpha value is -0.963. The molecule has 0 aliphatic carbocycles. The molecule has 1 atom stereocenters. The Labute approximate surface area is 161 Å². The molecule has 2 rings (SSSR count). The van der Waals surface area contributed by atoms with Crippen LogP contribution in [0.1, 0.15) is 63.2 Å². The van der Waals surface area contributed by atoms with Crippen molar-refractivity contribution in [2.45, 2.75) is 84.5 Å². The molecule has 8 heteroatoms. The van der Waals surface area contributed by atoms with E-state index in [1.807, 2.05) is 20.8 Å². The zero-order valence-corrected chi connectivity index (χ0v) is 19.0. The van der Waals surface area contributed by atoms with Gasteiger partial charge in [-0.1, -0.05) is 20.8 Å². The molecule has 1 amide bonds. The molecule has 2 heterocycles. The summed E-state index contributed by atoms with van der Waals surface area (Å²) in [5.41, 5.74) is 0.255. The standard InChI is InChI=1S/C18H32N2O4SSi/c1-17(2,3)23-16(22)20-9-12-15(25-14(11-21)19-12)13(10-20)24-26(7,8)18(4,5)6/h13,21H,9-11H2,1-8H3. The lowest BCUT2D eigenvalue weighted by Crippen LogP contribution is -2.47. The molecule has 6 nitrogen and oxygen atoms in total. The van der Waals surface area contributed by atoms with E-state index >= 15 is 0 Å². The predicted octanol–water partition coefficient (Wildman–Crippen LogP) is 4.45. The monoisotopic (exact) mass is 400 g/mol. The van der Waals surface area contributed by atoms with Crippen LogP contribution in [0.15, 0.2) is 0 Å². The maximum absolute atomic E-state index is 12.6. The number of ether oxygens (including phenoxy) is 1. The zero-order valence-electron chi connectivity index (χ0n) is 17.2. The van der Waals surface area contributed by atoms with E-state index in [1.54, 1.807) is 4.90 Å². The Morgan fingerprint density at radius 1 is 1.31 bits per heavy atom. The van der Waals surface area contributed by atoms with Gasteiger partial charge in [-0.25, -0.2) is 9.78 Å². The summed E-state index contributed by atoms with van der Waals surface area (Å²) in [5.74, 6) is 0. The third kappa shape index (κ3) is 4.85. The molecule has 1 aromatic heterocycles. The minimum Gasteiger partial charge on any atom is -0.444 e. The highest BCUT2D eigenvalue weighted by molar-refractivity contribution is 7.11. The minimum atomic E-state index is -2.04. The van der Waals surface area contributed by atoms with E-state index in [-0.39, 0.29) is 23.8 Å². The Morgan fingerprint density at radius 2 is 1.92 bits per heavy atom. The van der Waals surface area contributed by atoms with E-state index < -0.39 is 13.9 Å². The molecule has 0 spiro atoms. The number of fused-ring (bicyclic) bond motifs is 1. The molecule has 1 aliphatic heterocycles. The third-order valence-corrected chi connectivity index (χ3v) is 10.5. The molecule has 0 saturated heterocycles. The molecule has 1 N–H and O–H groups in total. The van der Waals surface area contributed by atoms with Gasteiger partial charge in [-0.05, 0) is 38.9 Å². The van der Waals surface area contributed by atoms with E-state index in [2.05, 4.69) is 38.8 Å². The maximum Gasteiger partial charge on any atom is 0.410 e. The van der Waals surface area contributed by atoms with Gasteiger partial charge in [0.15, 0.2) is 8.32 Å². The second kappa shape index (κ2) is 7.22. The van der Waals surface area contributed by atoms with E-state index in [9.17, 15) is 9.90 Å². The SMILES string of the molecule is CC(C)(C)OC(=O)N1Cc2nc(CO)sc2C(O[Si](C)(C)C(C)(C)C)C1. The van der Waals surface area contributed by atoms with Crippen molar-refractivity contribution in [2.24, 2.45) is 0 Å². The summed E-state index contributed by atoms with van der Waals surface area (Å²) in [6, 6.07) is 0. The van der Waals surface area contributed by atoms with Crippen LogP contribution in [0.4, 0.5) is 4.79 Å². The van der Waals surface area contributed by atoms with Crippen LogP contribution < -0.4 is 0 Å². The van der Waals surface area contributed by atoms with Crippen molar-refractivity contribution < 1.29 is 19.1 Å². The van der Waals surface area contributed by atoms with Crippen LogP contribution in [0.25, 0.3) is 0 Å². The number of hydrogen-bond donors (Lipinski definition) is 1. The van der Waals surface area contributed by atoms with Crippen molar-refractivity contribution in [1.29, 1.82) is 0 Å². The van der Waals surface area contributed by atoms with Crippen LogP contribution in [-0.2, 0) is 22.3 Å². The van der Waals surface area contributed by atoms with Gasteiger partial charge in [0.25, 0.3) is 0 Å². The maximum atomic E-state index is 12.6. The number of aromatic nitrogens is 1. The summed E-state index contributed by atoms with van der Waals surface area (Å²) in [5, 5.41) is 10.2. The van der Waals surface area contributed by atoms with Crippen LogP contribution in [0.3, 0.4) is 0 Å². The normalized spacial score (nSPS) is 18.7. The van der Waals surface area contributed by atoms with Crippen molar-refractivity contribution in [3.63, 3.8) is 0 Å². The lowest BCUT2D eigenvalue weighted by Gasteiger charge is -2.42. The fourth-order valence-corrected chi connectivity index (χ4v) is 4.76. The lowest BCUT2D eigenvalue weighted by atomic mass is 10.1. The highest BCUT2D eigenvalue weighted by Crippen LogP contribution is 2.43. The molecule has 0 aromatic carbocycles. The molecule has 0 bridgehead atoms. The highest BCUT2D eigenvalue weighted by Gasteiger charge is 2.43. The Kier molecular flexibility index (Phi) is 5.92. The van der Waals surface area contributed by atoms with Crippen molar-refractivity contribution in [3.05, 3.63) is 15.6 Å². The van der Waals surface area contributed by atoms with Gasteiger partial charge in [0.05, 0.1) is 36.4 Å². The van der Waals surface area contributed by atoms with Gasteiger partial charge in [-0.15, -0.1) is 11.3 Å². The molecule has 1 unspecified atom stereocenters. The smallest absolute Gasteiger partial charge is 0.410 e. The van der Waals surface area contributed by atoms with Crippen LogP contribution in [0.5, 0.6) is 0 Å². The molecule has 148 valence electrons. The van der Waals surface area contributed by atoms with E-state index in [0.717, 1.165) is 10.6 Å². The number of hydrogen-bond acceptors (Lipinski definition) is 6. The Bertz CT molecular complexity index is 661. The fourth-order valence-electron chi connectivity index (χ4n) is 2.46. The third-order valence-electron chi connectivity index (χ3n) is 4.82. The van der Waals surface area contributed by atoms with Crippen molar-refractivity contribution in [2.75, 3.05) is 6.54 Å². The van der Waals surface area contributed by atoms with Crippen LogP contribution in [0.2, 0.25) is 18.1 Å². The number of carbonyl (C=O) groups is 1. The minimum absolute atomic E-state index is 0.0614. The largest absolute Gasteiger partial charge is 0.444 e. The predicted molar refractivity (Wildman–Crippen MR) is 106 cm³/mol. The highest BCUT2D eigenvalue weighted by atomic mass is 32.1. The summed E-state index contributed by atoms with van der Waals surface area (Å²) in [6.07, 6.45) is -0.588. The average molecular weight is 401 g/mol. The average Bonchev–Trinajstić information content (AvgIpc) is 2.87. The van der Waals surface area contributed by atoms with Crippen LogP contribution >= 0.6 is 11.3 Å². The van der Waals surface area contributed by atoms with Gasteiger partial charge in [0.1, 0.15) is 10.6 Å². The Balaban J connectivity index is 2.31. The molecule has 0 saturated carbocycles.